The van der Waals surface area contributed by atoms with Crippen LogP contribution in [0.15, 0.2) is 48.8 Å². The van der Waals surface area contributed by atoms with E-state index < -0.39 is 11.4 Å². The molecule has 0 saturated heterocycles. The first kappa shape index (κ1) is 15.0. The number of carbonyl (C=O) groups is 1. The summed E-state index contributed by atoms with van der Waals surface area (Å²) in [6.07, 6.45) is 3.78. The van der Waals surface area contributed by atoms with Gasteiger partial charge in [0.25, 0.3) is 0 Å². The van der Waals surface area contributed by atoms with Gasteiger partial charge in [0.1, 0.15) is 12.4 Å². The van der Waals surface area contributed by atoms with E-state index >= 15 is 0 Å². The van der Waals surface area contributed by atoms with Crippen LogP contribution in [0.4, 0.5) is 0 Å². The van der Waals surface area contributed by atoms with Crippen LogP contribution in [0.2, 0.25) is 0 Å². The number of nitrogens with zero attached hydrogens (tertiary/aromatic N) is 1. The summed E-state index contributed by atoms with van der Waals surface area (Å²) in [7, 11) is 0. The molecule has 0 aliphatic carbocycles. The fraction of sp³-hybridized carbons (Fsp3) is 0.250. The molecule has 1 amide bonds. The molecular formula is C16H19N3O2. The molecule has 1 aromatic carbocycles. The highest BCUT2D eigenvalue weighted by atomic mass is 16.5. The van der Waals surface area contributed by atoms with Crippen molar-refractivity contribution in [3.63, 3.8) is 0 Å². The molecule has 0 saturated carbocycles. The molecule has 1 heterocycles. The number of carbonyl (C=O) groups excluding carboxylic acids is 1. The standard InChI is InChI=1S/C16H19N3O2/c1-16(18,15(17)20)9-12-4-6-13(7-5-12)11-21-14-3-2-8-19-10-14/h2-8,10H,9,11,18H2,1H3,(H2,17,20). The van der Waals surface area contributed by atoms with Crippen molar-refractivity contribution in [2.75, 3.05) is 0 Å². The van der Waals surface area contributed by atoms with E-state index in [-0.39, 0.29) is 0 Å². The highest BCUT2D eigenvalue weighted by molar-refractivity contribution is 5.84. The molecule has 1 unspecified atom stereocenters. The second kappa shape index (κ2) is 6.37. The Labute approximate surface area is 123 Å². The second-order valence-electron chi connectivity index (χ2n) is 5.25. The number of ether oxygens (including phenoxy) is 1. The van der Waals surface area contributed by atoms with Gasteiger partial charge < -0.3 is 16.2 Å². The molecule has 0 aliphatic rings. The van der Waals surface area contributed by atoms with E-state index in [2.05, 4.69) is 4.98 Å². The molecule has 0 bridgehead atoms. The summed E-state index contributed by atoms with van der Waals surface area (Å²) >= 11 is 0. The Hall–Kier alpha value is -2.40. The first-order valence-electron chi connectivity index (χ1n) is 6.67. The van der Waals surface area contributed by atoms with E-state index in [4.69, 9.17) is 16.2 Å². The van der Waals surface area contributed by atoms with Crippen LogP contribution in [0.3, 0.4) is 0 Å². The number of hydrogen-bond donors (Lipinski definition) is 2. The van der Waals surface area contributed by atoms with Crippen LogP contribution < -0.4 is 16.2 Å². The Morgan fingerprint density at radius 1 is 1.24 bits per heavy atom. The lowest BCUT2D eigenvalue weighted by molar-refractivity contribution is -0.122. The molecule has 1 atom stereocenters. The molecular weight excluding hydrogens is 266 g/mol. The van der Waals surface area contributed by atoms with Crippen LogP contribution in [-0.2, 0) is 17.8 Å². The third-order valence-corrected chi connectivity index (χ3v) is 3.20. The van der Waals surface area contributed by atoms with Gasteiger partial charge in [0.15, 0.2) is 0 Å². The molecule has 0 fully saturated rings. The minimum atomic E-state index is -1.03. The van der Waals surface area contributed by atoms with Crippen molar-refractivity contribution in [1.29, 1.82) is 0 Å². The summed E-state index contributed by atoms with van der Waals surface area (Å²) < 4.78 is 5.61. The molecule has 4 N–H and O–H groups in total. The maximum atomic E-state index is 11.2. The first-order valence-corrected chi connectivity index (χ1v) is 6.67. The normalized spacial score (nSPS) is 13.4. The lowest BCUT2D eigenvalue weighted by atomic mass is 9.93. The number of hydrogen-bond acceptors (Lipinski definition) is 4. The van der Waals surface area contributed by atoms with Crippen molar-refractivity contribution in [3.8, 4) is 5.75 Å². The highest BCUT2D eigenvalue weighted by Gasteiger charge is 2.25. The van der Waals surface area contributed by atoms with E-state index in [0.717, 1.165) is 16.9 Å². The number of pyridine rings is 1. The zero-order valence-corrected chi connectivity index (χ0v) is 12.0. The van der Waals surface area contributed by atoms with Crippen LogP contribution in [0.1, 0.15) is 18.1 Å². The molecule has 5 nitrogen and oxygen atoms in total. The smallest absolute Gasteiger partial charge is 0.237 e. The minimum Gasteiger partial charge on any atom is -0.487 e. The zero-order chi connectivity index (χ0) is 15.3. The van der Waals surface area contributed by atoms with Crippen LogP contribution in [0.25, 0.3) is 0 Å². The summed E-state index contributed by atoms with van der Waals surface area (Å²) in [5.74, 6) is 0.219. The van der Waals surface area contributed by atoms with Gasteiger partial charge in [0, 0.05) is 6.20 Å². The number of nitrogens with two attached hydrogens (primary N) is 2. The van der Waals surface area contributed by atoms with Gasteiger partial charge in [-0.3, -0.25) is 9.78 Å². The van der Waals surface area contributed by atoms with Crippen molar-refractivity contribution in [3.05, 3.63) is 59.9 Å². The van der Waals surface area contributed by atoms with Crippen LogP contribution >= 0.6 is 0 Å². The number of rotatable bonds is 6. The summed E-state index contributed by atoms with van der Waals surface area (Å²) in [6, 6.07) is 11.4. The number of aromatic nitrogens is 1. The first-order chi connectivity index (χ1) is 9.97. The molecule has 1 aromatic heterocycles. The van der Waals surface area contributed by atoms with Gasteiger partial charge >= 0.3 is 0 Å². The van der Waals surface area contributed by atoms with Gasteiger partial charge in [-0.15, -0.1) is 0 Å². The number of benzene rings is 1. The molecule has 0 aliphatic heterocycles. The number of amides is 1. The van der Waals surface area contributed by atoms with E-state index in [1.165, 1.54) is 0 Å². The van der Waals surface area contributed by atoms with E-state index in [1.807, 2.05) is 36.4 Å². The van der Waals surface area contributed by atoms with Crippen LogP contribution in [0.5, 0.6) is 5.75 Å². The van der Waals surface area contributed by atoms with E-state index in [1.54, 1.807) is 19.3 Å². The Morgan fingerprint density at radius 2 is 1.90 bits per heavy atom. The van der Waals surface area contributed by atoms with Crippen molar-refractivity contribution in [2.45, 2.75) is 25.5 Å². The van der Waals surface area contributed by atoms with Gasteiger partial charge in [-0.2, -0.15) is 0 Å². The summed E-state index contributed by atoms with van der Waals surface area (Å²) in [6.45, 7) is 2.09. The van der Waals surface area contributed by atoms with Crippen molar-refractivity contribution in [1.82, 2.24) is 4.98 Å². The zero-order valence-electron chi connectivity index (χ0n) is 12.0. The van der Waals surface area contributed by atoms with E-state index in [9.17, 15) is 4.79 Å². The average Bonchev–Trinajstić information content (AvgIpc) is 2.47. The summed E-state index contributed by atoms with van der Waals surface area (Å²) in [5, 5.41) is 0. The largest absolute Gasteiger partial charge is 0.487 e. The van der Waals surface area contributed by atoms with E-state index in [0.29, 0.717) is 13.0 Å². The molecule has 21 heavy (non-hydrogen) atoms. The number of primary amides is 1. The Kier molecular flexibility index (Phi) is 4.55. The molecule has 2 rings (SSSR count). The van der Waals surface area contributed by atoms with Gasteiger partial charge in [-0.1, -0.05) is 24.3 Å². The monoisotopic (exact) mass is 285 g/mol. The Morgan fingerprint density at radius 3 is 2.48 bits per heavy atom. The summed E-state index contributed by atoms with van der Waals surface area (Å²) in [5.41, 5.74) is 12.1. The average molecular weight is 285 g/mol. The third-order valence-electron chi connectivity index (χ3n) is 3.20. The maximum Gasteiger partial charge on any atom is 0.237 e. The predicted molar refractivity (Wildman–Crippen MR) is 80.5 cm³/mol. The molecule has 5 heteroatoms. The molecule has 0 spiro atoms. The SMILES string of the molecule is CC(N)(Cc1ccc(COc2cccnc2)cc1)C(N)=O. The fourth-order valence-corrected chi connectivity index (χ4v) is 1.86. The molecule has 110 valence electrons. The van der Waals surface area contributed by atoms with Gasteiger partial charge in [-0.25, -0.2) is 0 Å². The minimum absolute atomic E-state index is 0.409. The third kappa shape index (κ3) is 4.29. The second-order valence-corrected chi connectivity index (χ2v) is 5.25. The fourth-order valence-electron chi connectivity index (χ4n) is 1.86. The maximum absolute atomic E-state index is 11.2. The summed E-state index contributed by atoms with van der Waals surface area (Å²) in [4.78, 5) is 15.2. The van der Waals surface area contributed by atoms with Gasteiger partial charge in [-0.05, 0) is 36.6 Å². The Bertz CT molecular complexity index is 595. The highest BCUT2D eigenvalue weighted by Crippen LogP contribution is 2.14. The predicted octanol–water partition coefficient (Wildman–Crippen LogP) is 1.41. The van der Waals surface area contributed by atoms with Crippen LogP contribution in [-0.4, -0.2) is 16.4 Å². The van der Waals surface area contributed by atoms with Gasteiger partial charge in [0.2, 0.25) is 5.91 Å². The van der Waals surface area contributed by atoms with Crippen molar-refractivity contribution in [2.24, 2.45) is 11.5 Å². The lowest BCUT2D eigenvalue weighted by Gasteiger charge is -2.20. The molecule has 0 radical (unpaired) electrons. The van der Waals surface area contributed by atoms with Gasteiger partial charge in [0.05, 0.1) is 11.7 Å². The van der Waals surface area contributed by atoms with Crippen molar-refractivity contribution < 1.29 is 9.53 Å². The van der Waals surface area contributed by atoms with Crippen LogP contribution in [0, 0.1) is 0 Å². The van der Waals surface area contributed by atoms with Crippen molar-refractivity contribution >= 4 is 5.91 Å². The molecule has 2 aromatic rings. The Balaban J connectivity index is 1.95. The quantitative estimate of drug-likeness (QED) is 0.839. The lowest BCUT2D eigenvalue weighted by Crippen LogP contribution is -2.51. The topological polar surface area (TPSA) is 91.2 Å².